The zero-order chi connectivity index (χ0) is 14.2. The maximum atomic E-state index is 12.6. The summed E-state index contributed by atoms with van der Waals surface area (Å²) in [6.07, 6.45) is 2.63. The fraction of sp³-hybridized carbons (Fsp3) is 0.750. The van der Waals surface area contributed by atoms with Crippen LogP contribution in [0.2, 0.25) is 0 Å². The van der Waals surface area contributed by atoms with Crippen LogP contribution in [0.1, 0.15) is 23.6 Å². The van der Waals surface area contributed by atoms with Crippen LogP contribution in [0.5, 0.6) is 0 Å². The zero-order valence-electron chi connectivity index (χ0n) is 11.6. The van der Waals surface area contributed by atoms with Crippen LogP contribution in [0.3, 0.4) is 0 Å². The molecule has 0 aliphatic carbocycles. The van der Waals surface area contributed by atoms with Gasteiger partial charge in [-0.15, -0.1) is 0 Å². The molecule has 0 amide bonds. The molecule has 7 nitrogen and oxygen atoms in total. The van der Waals surface area contributed by atoms with E-state index in [0.29, 0.717) is 39.4 Å². The maximum Gasteiger partial charge on any atom is 0.282 e. The number of hydrogen-bond donors (Lipinski definition) is 1. The van der Waals surface area contributed by atoms with Gasteiger partial charge in [0.05, 0.1) is 19.4 Å². The van der Waals surface area contributed by atoms with E-state index in [1.807, 2.05) is 6.92 Å². The van der Waals surface area contributed by atoms with Crippen molar-refractivity contribution in [3.63, 3.8) is 0 Å². The van der Waals surface area contributed by atoms with Gasteiger partial charge in [-0.25, -0.2) is 0 Å². The molecule has 3 rings (SSSR count). The van der Waals surface area contributed by atoms with Crippen LogP contribution < -0.4 is 0 Å². The Kier molecular flexibility index (Phi) is 3.80. The summed E-state index contributed by atoms with van der Waals surface area (Å²) in [5, 5.41) is 7.02. The minimum atomic E-state index is -3.35. The number of nitrogens with zero attached hydrogens (tertiary/aromatic N) is 3. The molecule has 1 atom stereocenters. The van der Waals surface area contributed by atoms with Crippen molar-refractivity contribution in [2.24, 2.45) is 0 Å². The van der Waals surface area contributed by atoms with Gasteiger partial charge in [-0.3, -0.25) is 5.10 Å². The number of morpholine rings is 1. The number of aromatic nitrogens is 2. The molecule has 2 aliphatic heterocycles. The van der Waals surface area contributed by atoms with Crippen LogP contribution in [-0.4, -0.2) is 66.6 Å². The monoisotopic (exact) mass is 300 g/mol. The Bertz CT molecular complexity index is 565. The Morgan fingerprint density at radius 1 is 1.30 bits per heavy atom. The molecule has 0 spiro atoms. The van der Waals surface area contributed by atoms with Crippen molar-refractivity contribution in [1.29, 1.82) is 0 Å². The Labute approximate surface area is 119 Å². The van der Waals surface area contributed by atoms with Gasteiger partial charge < -0.3 is 4.74 Å². The second-order valence-corrected chi connectivity index (χ2v) is 7.26. The van der Waals surface area contributed by atoms with Crippen LogP contribution in [-0.2, 0) is 14.9 Å². The molecule has 1 unspecified atom stereocenters. The van der Waals surface area contributed by atoms with Crippen molar-refractivity contribution >= 4 is 10.2 Å². The van der Waals surface area contributed by atoms with Gasteiger partial charge in [-0.2, -0.15) is 22.1 Å². The molecule has 3 heterocycles. The van der Waals surface area contributed by atoms with Crippen molar-refractivity contribution in [3.05, 3.63) is 17.5 Å². The maximum absolute atomic E-state index is 12.6. The minimum Gasteiger partial charge on any atom is -0.379 e. The lowest BCUT2D eigenvalue weighted by atomic mass is 10.0. The fourth-order valence-corrected chi connectivity index (χ4v) is 4.53. The average molecular weight is 300 g/mol. The smallest absolute Gasteiger partial charge is 0.282 e. The molecular weight excluding hydrogens is 280 g/mol. The molecule has 0 saturated carbocycles. The minimum absolute atomic E-state index is 0.216. The first-order valence-corrected chi connectivity index (χ1v) is 8.31. The second kappa shape index (κ2) is 5.44. The normalized spacial score (nSPS) is 26.1. The summed E-state index contributed by atoms with van der Waals surface area (Å²) < 4.78 is 33.4. The quantitative estimate of drug-likeness (QED) is 0.858. The number of hydrogen-bond acceptors (Lipinski definition) is 4. The summed E-state index contributed by atoms with van der Waals surface area (Å²) in [5.74, 6) is 0.216. The van der Waals surface area contributed by atoms with Crippen molar-refractivity contribution in [3.8, 4) is 0 Å². The van der Waals surface area contributed by atoms with Crippen LogP contribution in [0.25, 0.3) is 0 Å². The summed E-state index contributed by atoms with van der Waals surface area (Å²) in [6.45, 7) is 4.97. The van der Waals surface area contributed by atoms with Crippen LogP contribution >= 0.6 is 0 Å². The Morgan fingerprint density at radius 3 is 2.70 bits per heavy atom. The Morgan fingerprint density at radius 2 is 2.05 bits per heavy atom. The van der Waals surface area contributed by atoms with Crippen molar-refractivity contribution in [1.82, 2.24) is 18.8 Å². The first kappa shape index (κ1) is 14.0. The molecule has 2 saturated heterocycles. The third kappa shape index (κ3) is 2.48. The lowest BCUT2D eigenvalue weighted by Gasteiger charge is -2.30. The van der Waals surface area contributed by atoms with Crippen molar-refractivity contribution in [2.45, 2.75) is 19.3 Å². The van der Waals surface area contributed by atoms with Crippen molar-refractivity contribution in [2.75, 3.05) is 39.4 Å². The van der Waals surface area contributed by atoms with Gasteiger partial charge in [0.25, 0.3) is 10.2 Å². The van der Waals surface area contributed by atoms with E-state index in [1.165, 1.54) is 4.31 Å². The van der Waals surface area contributed by atoms with Crippen molar-refractivity contribution < 1.29 is 13.2 Å². The molecule has 1 aromatic rings. The van der Waals surface area contributed by atoms with E-state index in [0.717, 1.165) is 17.7 Å². The molecule has 8 heteroatoms. The Hall–Kier alpha value is -0.960. The first-order valence-electron chi connectivity index (χ1n) is 6.92. The van der Waals surface area contributed by atoms with Gasteiger partial charge in [0, 0.05) is 37.8 Å². The van der Waals surface area contributed by atoms with Crippen LogP contribution in [0.15, 0.2) is 6.20 Å². The second-order valence-electron chi connectivity index (χ2n) is 5.33. The highest BCUT2D eigenvalue weighted by atomic mass is 32.2. The van der Waals surface area contributed by atoms with E-state index in [-0.39, 0.29) is 5.92 Å². The number of rotatable bonds is 3. The SMILES string of the molecule is Cc1cn[nH]c1C1CCN(S(=O)(=O)N2CCOCC2)C1. The van der Waals surface area contributed by atoms with E-state index >= 15 is 0 Å². The molecule has 1 N–H and O–H groups in total. The third-order valence-corrected chi connectivity index (χ3v) is 6.05. The van der Waals surface area contributed by atoms with Gasteiger partial charge in [0.15, 0.2) is 0 Å². The molecule has 20 heavy (non-hydrogen) atoms. The number of H-pyrrole nitrogens is 1. The van der Waals surface area contributed by atoms with E-state index in [2.05, 4.69) is 10.2 Å². The highest BCUT2D eigenvalue weighted by Gasteiger charge is 2.37. The molecule has 2 fully saturated rings. The summed E-state index contributed by atoms with van der Waals surface area (Å²) in [5.41, 5.74) is 2.16. The Balaban J connectivity index is 1.71. The summed E-state index contributed by atoms with van der Waals surface area (Å²) in [6, 6.07) is 0. The van der Waals surface area contributed by atoms with Gasteiger partial charge in [-0.05, 0) is 18.9 Å². The zero-order valence-corrected chi connectivity index (χ0v) is 12.4. The lowest BCUT2D eigenvalue weighted by molar-refractivity contribution is 0.0705. The number of ether oxygens (including phenoxy) is 1. The topological polar surface area (TPSA) is 78.5 Å². The third-order valence-electron chi connectivity index (χ3n) is 4.05. The van der Waals surface area contributed by atoms with Crippen LogP contribution in [0, 0.1) is 6.92 Å². The average Bonchev–Trinajstić information content (AvgIpc) is 3.08. The van der Waals surface area contributed by atoms with E-state index in [1.54, 1.807) is 10.5 Å². The summed E-state index contributed by atoms with van der Waals surface area (Å²) in [7, 11) is -3.35. The number of nitrogens with one attached hydrogen (secondary N) is 1. The van der Waals surface area contributed by atoms with Gasteiger partial charge in [-0.1, -0.05) is 0 Å². The highest BCUT2D eigenvalue weighted by molar-refractivity contribution is 7.86. The van der Waals surface area contributed by atoms with Crippen LogP contribution in [0.4, 0.5) is 0 Å². The van der Waals surface area contributed by atoms with E-state index in [4.69, 9.17) is 4.74 Å². The van der Waals surface area contributed by atoms with Gasteiger partial charge in [0.1, 0.15) is 0 Å². The van der Waals surface area contributed by atoms with Gasteiger partial charge in [0.2, 0.25) is 0 Å². The summed E-state index contributed by atoms with van der Waals surface area (Å²) >= 11 is 0. The van der Waals surface area contributed by atoms with Gasteiger partial charge >= 0.3 is 0 Å². The first-order chi connectivity index (χ1) is 9.59. The molecule has 0 radical (unpaired) electrons. The standard InChI is InChI=1S/C12H20N4O3S/c1-10-8-13-14-12(10)11-2-3-16(9-11)20(17,18)15-4-6-19-7-5-15/h8,11H,2-7,9H2,1H3,(H,13,14). The predicted molar refractivity (Wildman–Crippen MR) is 73.6 cm³/mol. The largest absolute Gasteiger partial charge is 0.379 e. The molecule has 2 aliphatic rings. The molecule has 112 valence electrons. The summed E-state index contributed by atoms with van der Waals surface area (Å²) in [4.78, 5) is 0. The molecule has 0 aromatic carbocycles. The van der Waals surface area contributed by atoms with E-state index < -0.39 is 10.2 Å². The molecule has 0 bridgehead atoms. The molecular formula is C12H20N4O3S. The lowest BCUT2D eigenvalue weighted by Crippen LogP contribution is -2.47. The number of aromatic amines is 1. The molecule has 1 aromatic heterocycles. The fourth-order valence-electron chi connectivity index (χ4n) is 2.88. The van der Waals surface area contributed by atoms with E-state index in [9.17, 15) is 8.42 Å². The number of aryl methyl sites for hydroxylation is 1. The predicted octanol–water partition coefficient (Wildman–Crippen LogP) is 0.0844. The highest BCUT2D eigenvalue weighted by Crippen LogP contribution is 2.30.